The van der Waals surface area contributed by atoms with Gasteiger partial charge in [-0.2, -0.15) is 0 Å². The zero-order chi connectivity index (χ0) is 14.5. The third kappa shape index (κ3) is 3.58. The summed E-state index contributed by atoms with van der Waals surface area (Å²) in [5.41, 5.74) is 0.986. The molecule has 0 fully saturated rings. The second-order valence-corrected chi connectivity index (χ2v) is 5.85. The summed E-state index contributed by atoms with van der Waals surface area (Å²) in [6, 6.07) is 9.80. The van der Waals surface area contributed by atoms with Gasteiger partial charge in [-0.05, 0) is 52.2 Å². The Hall–Kier alpha value is -0.930. The van der Waals surface area contributed by atoms with Crippen molar-refractivity contribution in [1.29, 1.82) is 0 Å². The number of hydrogen-bond acceptors (Lipinski definition) is 2. The molecule has 0 N–H and O–H groups in total. The first kappa shape index (κ1) is 15.5. The van der Waals surface area contributed by atoms with Crippen molar-refractivity contribution >= 4 is 27.5 Å². The summed E-state index contributed by atoms with van der Waals surface area (Å²) in [6.07, 6.45) is 1.86. The third-order valence-corrected chi connectivity index (χ3v) is 4.08. The smallest absolute Gasteiger partial charge is 0.133 e. The maximum atomic E-state index is 6.48. The Balaban J connectivity index is 2.17. The van der Waals surface area contributed by atoms with Crippen molar-refractivity contribution in [2.24, 2.45) is 0 Å². The fourth-order valence-corrected chi connectivity index (χ4v) is 2.65. The molecule has 0 aliphatic carbocycles. The summed E-state index contributed by atoms with van der Waals surface area (Å²) in [5, 5.41) is -0.285. The highest BCUT2D eigenvalue weighted by Gasteiger charge is 2.16. The quantitative estimate of drug-likeness (QED) is 0.617. The van der Waals surface area contributed by atoms with Gasteiger partial charge in [-0.1, -0.05) is 19.9 Å². The number of rotatable bonds is 6. The van der Waals surface area contributed by atoms with Crippen LogP contribution in [0.3, 0.4) is 0 Å². The summed E-state index contributed by atoms with van der Waals surface area (Å²) < 4.78 is 12.3. The first-order chi connectivity index (χ1) is 9.65. The van der Waals surface area contributed by atoms with Gasteiger partial charge in [-0.25, -0.2) is 0 Å². The summed E-state index contributed by atoms with van der Waals surface area (Å²) in [6.45, 7) is 4.85. The number of benzene rings is 1. The fourth-order valence-electron chi connectivity index (χ4n) is 1.89. The number of aryl methyl sites for hydroxylation is 1. The van der Waals surface area contributed by atoms with Gasteiger partial charge in [0.05, 0.1) is 11.1 Å². The lowest BCUT2D eigenvalue weighted by molar-refractivity contribution is 0.315. The van der Waals surface area contributed by atoms with Gasteiger partial charge in [0.1, 0.15) is 22.6 Å². The molecule has 20 heavy (non-hydrogen) atoms. The molecule has 0 saturated heterocycles. The van der Waals surface area contributed by atoms with Crippen molar-refractivity contribution in [3.63, 3.8) is 0 Å². The van der Waals surface area contributed by atoms with Crippen LogP contribution in [0.25, 0.3) is 0 Å². The largest absolute Gasteiger partial charge is 0.492 e. The molecule has 0 saturated carbocycles. The van der Waals surface area contributed by atoms with Crippen LogP contribution in [0, 0.1) is 0 Å². The van der Waals surface area contributed by atoms with Gasteiger partial charge in [0.2, 0.25) is 0 Å². The molecule has 1 aromatic carbocycles. The second kappa shape index (κ2) is 7.19. The van der Waals surface area contributed by atoms with Gasteiger partial charge in [0, 0.05) is 6.42 Å². The van der Waals surface area contributed by atoms with Crippen LogP contribution in [0.5, 0.6) is 5.75 Å². The van der Waals surface area contributed by atoms with E-state index in [-0.39, 0.29) is 5.38 Å². The Morgan fingerprint density at radius 2 is 2.05 bits per heavy atom. The lowest BCUT2D eigenvalue weighted by Gasteiger charge is -2.11. The average molecular weight is 358 g/mol. The maximum absolute atomic E-state index is 6.48. The summed E-state index contributed by atoms with van der Waals surface area (Å²) in [7, 11) is 0. The minimum absolute atomic E-state index is 0.285. The van der Waals surface area contributed by atoms with Gasteiger partial charge < -0.3 is 9.15 Å². The highest BCUT2D eigenvalue weighted by molar-refractivity contribution is 9.10. The van der Waals surface area contributed by atoms with Crippen LogP contribution in [0.15, 0.2) is 39.2 Å². The molecule has 1 aromatic heterocycles. The van der Waals surface area contributed by atoms with Crippen LogP contribution in [-0.2, 0) is 6.42 Å². The minimum atomic E-state index is -0.285. The van der Waals surface area contributed by atoms with E-state index >= 15 is 0 Å². The van der Waals surface area contributed by atoms with E-state index < -0.39 is 0 Å². The van der Waals surface area contributed by atoms with E-state index in [2.05, 4.69) is 29.8 Å². The molecule has 0 amide bonds. The predicted octanol–water partition coefficient (Wildman–Crippen LogP) is 5.72. The topological polar surface area (TPSA) is 22.4 Å². The van der Waals surface area contributed by atoms with Crippen molar-refractivity contribution < 1.29 is 9.15 Å². The fraction of sp³-hybridized carbons (Fsp3) is 0.375. The molecule has 2 aromatic rings. The van der Waals surface area contributed by atoms with Gasteiger partial charge >= 0.3 is 0 Å². The van der Waals surface area contributed by atoms with Gasteiger partial charge in [-0.15, -0.1) is 11.6 Å². The Morgan fingerprint density at radius 3 is 2.65 bits per heavy atom. The lowest BCUT2D eigenvalue weighted by Crippen LogP contribution is -1.97. The maximum Gasteiger partial charge on any atom is 0.133 e. The molecular weight excluding hydrogens is 340 g/mol. The molecule has 108 valence electrons. The van der Waals surface area contributed by atoms with E-state index in [4.69, 9.17) is 20.8 Å². The number of furan rings is 1. The molecule has 0 bridgehead atoms. The van der Waals surface area contributed by atoms with Gasteiger partial charge in [-0.3, -0.25) is 0 Å². The van der Waals surface area contributed by atoms with Crippen LogP contribution in [-0.4, -0.2) is 6.61 Å². The highest BCUT2D eigenvalue weighted by atomic mass is 79.9. The van der Waals surface area contributed by atoms with Crippen LogP contribution in [0.1, 0.15) is 42.7 Å². The van der Waals surface area contributed by atoms with Crippen molar-refractivity contribution in [3.8, 4) is 5.75 Å². The summed E-state index contributed by atoms with van der Waals surface area (Å²) >= 11 is 10.00. The molecule has 4 heteroatoms. The molecule has 1 atom stereocenters. The van der Waals surface area contributed by atoms with Crippen molar-refractivity contribution in [2.45, 2.75) is 32.1 Å². The van der Waals surface area contributed by atoms with E-state index in [0.717, 1.165) is 40.1 Å². The zero-order valence-corrected chi connectivity index (χ0v) is 14.0. The van der Waals surface area contributed by atoms with E-state index in [0.29, 0.717) is 6.61 Å². The molecule has 2 rings (SSSR count). The molecule has 0 spiro atoms. The molecule has 1 heterocycles. The SMILES string of the molecule is CCCOc1ccc(C(Cl)c2ccc(CC)o2)cc1Br. The van der Waals surface area contributed by atoms with E-state index in [1.54, 1.807) is 0 Å². The first-order valence-corrected chi connectivity index (χ1v) is 8.03. The number of hydrogen-bond donors (Lipinski definition) is 0. The van der Waals surface area contributed by atoms with Crippen molar-refractivity contribution in [2.75, 3.05) is 6.61 Å². The van der Waals surface area contributed by atoms with Crippen molar-refractivity contribution in [3.05, 3.63) is 51.9 Å². The average Bonchev–Trinajstić information content (AvgIpc) is 2.94. The second-order valence-electron chi connectivity index (χ2n) is 4.56. The Morgan fingerprint density at radius 1 is 1.25 bits per heavy atom. The predicted molar refractivity (Wildman–Crippen MR) is 85.7 cm³/mol. The Labute approximate surface area is 133 Å². The molecular formula is C16H18BrClO2. The standard InChI is InChI=1S/C16H18BrClO2/c1-3-9-19-14-7-5-11(10-13(14)17)16(18)15-8-6-12(4-2)20-15/h5-8,10,16H,3-4,9H2,1-2H3. The van der Waals surface area contributed by atoms with Crippen LogP contribution in [0.4, 0.5) is 0 Å². The van der Waals surface area contributed by atoms with Gasteiger partial charge in [0.15, 0.2) is 0 Å². The van der Waals surface area contributed by atoms with Crippen molar-refractivity contribution in [1.82, 2.24) is 0 Å². The third-order valence-electron chi connectivity index (χ3n) is 2.99. The Bertz CT molecular complexity index is 565. The summed E-state index contributed by atoms with van der Waals surface area (Å²) in [5.74, 6) is 2.57. The monoisotopic (exact) mass is 356 g/mol. The summed E-state index contributed by atoms with van der Waals surface area (Å²) in [4.78, 5) is 0. The highest BCUT2D eigenvalue weighted by Crippen LogP contribution is 2.35. The van der Waals surface area contributed by atoms with Crippen LogP contribution >= 0.6 is 27.5 Å². The zero-order valence-electron chi connectivity index (χ0n) is 11.7. The normalized spacial score (nSPS) is 12.4. The van der Waals surface area contributed by atoms with E-state index in [9.17, 15) is 0 Å². The lowest BCUT2D eigenvalue weighted by atomic mass is 10.1. The molecule has 1 unspecified atom stereocenters. The molecule has 2 nitrogen and oxygen atoms in total. The first-order valence-electron chi connectivity index (χ1n) is 6.80. The molecule has 0 radical (unpaired) electrons. The van der Waals surface area contributed by atoms with Gasteiger partial charge in [0.25, 0.3) is 0 Å². The van der Waals surface area contributed by atoms with Crippen LogP contribution < -0.4 is 4.74 Å². The van der Waals surface area contributed by atoms with E-state index in [1.165, 1.54) is 0 Å². The number of ether oxygens (including phenoxy) is 1. The minimum Gasteiger partial charge on any atom is -0.492 e. The number of halogens is 2. The number of alkyl halides is 1. The van der Waals surface area contributed by atoms with E-state index in [1.807, 2.05) is 30.3 Å². The van der Waals surface area contributed by atoms with Crippen LogP contribution in [0.2, 0.25) is 0 Å². The molecule has 0 aliphatic rings. The Kier molecular flexibility index (Phi) is 5.55. The molecule has 0 aliphatic heterocycles.